The number of likely N-dealkylation sites (tertiary alicyclic amines) is 1. The number of aliphatic hydroxyl groups is 1. The molecule has 1 saturated carbocycles. The molecule has 2 fully saturated rings. The molecule has 5 heteroatoms. The Labute approximate surface area is 113 Å². The number of carbonyl (C=O) groups is 1. The quantitative estimate of drug-likeness (QED) is 0.737. The fourth-order valence-electron chi connectivity index (χ4n) is 3.26. The minimum Gasteiger partial charge on any atom is -0.444 e. The SMILES string of the molecule is CC1(F)CC2CN(C(=O)OC(C)(C)C)CC(C1)C2O. The van der Waals surface area contributed by atoms with Crippen LogP contribution in [0.15, 0.2) is 0 Å². The fraction of sp³-hybridized carbons (Fsp3) is 0.929. The van der Waals surface area contributed by atoms with Crippen LogP contribution in [0.1, 0.15) is 40.5 Å². The first-order chi connectivity index (χ1) is 8.57. The van der Waals surface area contributed by atoms with Crippen LogP contribution < -0.4 is 0 Å². The molecular weight excluding hydrogens is 249 g/mol. The molecule has 1 aliphatic heterocycles. The first-order valence-corrected chi connectivity index (χ1v) is 6.92. The van der Waals surface area contributed by atoms with Gasteiger partial charge < -0.3 is 14.7 Å². The summed E-state index contributed by atoms with van der Waals surface area (Å²) in [7, 11) is 0. The summed E-state index contributed by atoms with van der Waals surface area (Å²) in [5, 5.41) is 10.1. The van der Waals surface area contributed by atoms with Gasteiger partial charge in [0, 0.05) is 24.9 Å². The maximum absolute atomic E-state index is 14.1. The van der Waals surface area contributed by atoms with Crippen molar-refractivity contribution in [3.8, 4) is 0 Å². The molecule has 1 saturated heterocycles. The Balaban J connectivity index is 2.04. The molecule has 0 aromatic heterocycles. The van der Waals surface area contributed by atoms with Gasteiger partial charge in [-0.25, -0.2) is 9.18 Å². The van der Waals surface area contributed by atoms with E-state index in [0.717, 1.165) is 0 Å². The molecule has 2 aliphatic rings. The second kappa shape index (κ2) is 4.62. The third kappa shape index (κ3) is 3.38. The summed E-state index contributed by atoms with van der Waals surface area (Å²) in [6, 6.07) is 0. The predicted molar refractivity (Wildman–Crippen MR) is 69.5 cm³/mol. The molecular formula is C14H24FNO3. The summed E-state index contributed by atoms with van der Waals surface area (Å²) in [6.45, 7) is 7.82. The van der Waals surface area contributed by atoms with E-state index in [1.807, 2.05) is 20.8 Å². The molecule has 1 amide bonds. The predicted octanol–water partition coefficient (Wildman–Crippen LogP) is 2.35. The number of fused-ring (bicyclic) bond motifs is 2. The van der Waals surface area contributed by atoms with Gasteiger partial charge in [0.05, 0.1) is 6.10 Å². The largest absolute Gasteiger partial charge is 0.444 e. The number of halogens is 1. The van der Waals surface area contributed by atoms with Crippen molar-refractivity contribution in [2.75, 3.05) is 13.1 Å². The van der Waals surface area contributed by atoms with E-state index in [0.29, 0.717) is 25.9 Å². The maximum Gasteiger partial charge on any atom is 0.410 e. The molecule has 0 aromatic rings. The summed E-state index contributed by atoms with van der Waals surface area (Å²) in [5.74, 6) is -0.370. The van der Waals surface area contributed by atoms with Crippen molar-refractivity contribution in [1.29, 1.82) is 0 Å². The average molecular weight is 273 g/mol. The summed E-state index contributed by atoms with van der Waals surface area (Å²) >= 11 is 0. The van der Waals surface area contributed by atoms with Gasteiger partial charge in [-0.1, -0.05) is 0 Å². The minimum atomic E-state index is -1.23. The zero-order valence-corrected chi connectivity index (χ0v) is 12.1. The highest BCUT2D eigenvalue weighted by Gasteiger charge is 2.48. The molecule has 1 aliphatic carbocycles. The normalized spacial score (nSPS) is 39.1. The number of ether oxygens (including phenoxy) is 1. The number of alkyl halides is 1. The van der Waals surface area contributed by atoms with Crippen molar-refractivity contribution in [2.24, 2.45) is 11.8 Å². The molecule has 2 atom stereocenters. The van der Waals surface area contributed by atoms with Gasteiger partial charge in [0.25, 0.3) is 0 Å². The smallest absolute Gasteiger partial charge is 0.410 e. The summed E-state index contributed by atoms with van der Waals surface area (Å²) in [5.41, 5.74) is -1.76. The second-order valence-corrected chi connectivity index (χ2v) is 7.22. The van der Waals surface area contributed by atoms with E-state index in [1.165, 1.54) is 0 Å². The van der Waals surface area contributed by atoms with Gasteiger partial charge in [0.15, 0.2) is 0 Å². The highest BCUT2D eigenvalue weighted by molar-refractivity contribution is 5.68. The third-order valence-corrected chi connectivity index (χ3v) is 3.90. The van der Waals surface area contributed by atoms with Crippen LogP contribution in [0.3, 0.4) is 0 Å². The van der Waals surface area contributed by atoms with Crippen LogP contribution >= 0.6 is 0 Å². The van der Waals surface area contributed by atoms with E-state index in [4.69, 9.17) is 4.74 Å². The number of hydrogen-bond donors (Lipinski definition) is 1. The van der Waals surface area contributed by atoms with Gasteiger partial charge >= 0.3 is 6.09 Å². The highest BCUT2D eigenvalue weighted by Crippen LogP contribution is 2.42. The summed E-state index contributed by atoms with van der Waals surface area (Å²) in [4.78, 5) is 13.7. The number of aliphatic hydroxyl groups excluding tert-OH is 1. The number of carbonyl (C=O) groups excluding carboxylic acids is 1. The monoisotopic (exact) mass is 273 g/mol. The lowest BCUT2D eigenvalue weighted by Gasteiger charge is -2.48. The van der Waals surface area contributed by atoms with Crippen molar-refractivity contribution in [3.63, 3.8) is 0 Å². The van der Waals surface area contributed by atoms with Crippen molar-refractivity contribution >= 4 is 6.09 Å². The van der Waals surface area contributed by atoms with Crippen LogP contribution in [0.25, 0.3) is 0 Å². The molecule has 2 rings (SSSR count). The van der Waals surface area contributed by atoms with E-state index in [9.17, 15) is 14.3 Å². The first-order valence-electron chi connectivity index (χ1n) is 6.92. The van der Waals surface area contributed by atoms with E-state index < -0.39 is 17.4 Å². The zero-order chi connectivity index (χ0) is 14.4. The second-order valence-electron chi connectivity index (χ2n) is 7.22. The van der Waals surface area contributed by atoms with Crippen molar-refractivity contribution in [2.45, 2.75) is 57.9 Å². The van der Waals surface area contributed by atoms with Crippen LogP contribution in [0.5, 0.6) is 0 Å². The Hall–Kier alpha value is -0.840. The fourth-order valence-corrected chi connectivity index (χ4v) is 3.26. The average Bonchev–Trinajstić information content (AvgIpc) is 2.17. The van der Waals surface area contributed by atoms with Crippen molar-refractivity contribution < 1.29 is 19.0 Å². The summed E-state index contributed by atoms with van der Waals surface area (Å²) in [6.07, 6.45) is -0.243. The Morgan fingerprint density at radius 3 is 2.21 bits per heavy atom. The van der Waals surface area contributed by atoms with E-state index in [-0.39, 0.29) is 17.9 Å². The lowest BCUT2D eigenvalue weighted by Crippen LogP contribution is -2.57. The number of amides is 1. The van der Waals surface area contributed by atoms with Crippen LogP contribution in [0.4, 0.5) is 9.18 Å². The molecule has 1 heterocycles. The van der Waals surface area contributed by atoms with Gasteiger partial charge in [-0.2, -0.15) is 0 Å². The minimum absolute atomic E-state index is 0.185. The number of nitrogens with zero attached hydrogens (tertiary/aromatic N) is 1. The third-order valence-electron chi connectivity index (χ3n) is 3.90. The van der Waals surface area contributed by atoms with Crippen LogP contribution in [0.2, 0.25) is 0 Å². The van der Waals surface area contributed by atoms with Gasteiger partial charge in [-0.15, -0.1) is 0 Å². The van der Waals surface area contributed by atoms with Gasteiger partial charge in [-0.05, 0) is 40.5 Å². The molecule has 19 heavy (non-hydrogen) atoms. The summed E-state index contributed by atoms with van der Waals surface area (Å²) < 4.78 is 19.5. The standard InChI is InChI=1S/C14H24FNO3/c1-13(2,3)19-12(18)16-7-9-5-14(4,15)6-10(8-16)11(9)17/h9-11,17H,5-8H2,1-4H3. The maximum atomic E-state index is 14.1. The first kappa shape index (κ1) is 14.6. The van der Waals surface area contributed by atoms with E-state index >= 15 is 0 Å². The van der Waals surface area contributed by atoms with Gasteiger partial charge in [0.2, 0.25) is 0 Å². The van der Waals surface area contributed by atoms with E-state index in [2.05, 4.69) is 0 Å². The number of hydrogen-bond acceptors (Lipinski definition) is 3. The van der Waals surface area contributed by atoms with Crippen molar-refractivity contribution in [3.05, 3.63) is 0 Å². The number of rotatable bonds is 0. The van der Waals surface area contributed by atoms with Crippen LogP contribution in [0, 0.1) is 11.8 Å². The van der Waals surface area contributed by atoms with Crippen LogP contribution in [-0.2, 0) is 4.74 Å². The lowest BCUT2D eigenvalue weighted by molar-refractivity contribution is -0.0972. The Morgan fingerprint density at radius 1 is 1.32 bits per heavy atom. The molecule has 110 valence electrons. The highest BCUT2D eigenvalue weighted by atomic mass is 19.1. The number of piperidine rings is 1. The molecule has 2 unspecified atom stereocenters. The Morgan fingerprint density at radius 2 is 1.79 bits per heavy atom. The Bertz CT molecular complexity index is 346. The molecule has 0 radical (unpaired) electrons. The van der Waals surface area contributed by atoms with Crippen molar-refractivity contribution in [1.82, 2.24) is 4.90 Å². The molecule has 2 bridgehead atoms. The van der Waals surface area contributed by atoms with Crippen LogP contribution in [-0.4, -0.2) is 46.6 Å². The zero-order valence-electron chi connectivity index (χ0n) is 12.1. The Kier molecular flexibility index (Phi) is 3.54. The molecule has 1 N–H and O–H groups in total. The van der Waals surface area contributed by atoms with E-state index in [1.54, 1.807) is 11.8 Å². The molecule has 0 spiro atoms. The molecule has 0 aromatic carbocycles. The molecule has 4 nitrogen and oxygen atoms in total. The van der Waals surface area contributed by atoms with Gasteiger partial charge in [-0.3, -0.25) is 0 Å². The van der Waals surface area contributed by atoms with Gasteiger partial charge in [0.1, 0.15) is 11.3 Å². The topological polar surface area (TPSA) is 49.8 Å². The lowest BCUT2D eigenvalue weighted by atomic mass is 9.69.